The predicted octanol–water partition coefficient (Wildman–Crippen LogP) is 3.76. The van der Waals surface area contributed by atoms with Gasteiger partial charge in [0, 0.05) is 10.0 Å². The first kappa shape index (κ1) is 18.7. The zero-order valence-electron chi connectivity index (χ0n) is 14.8. The second-order valence-corrected chi connectivity index (χ2v) is 8.38. The van der Waals surface area contributed by atoms with Crippen LogP contribution in [0.1, 0.15) is 18.9 Å². The minimum atomic E-state index is -0.255. The van der Waals surface area contributed by atoms with Crippen molar-refractivity contribution >= 4 is 49.9 Å². The van der Waals surface area contributed by atoms with Crippen LogP contribution in [0.15, 0.2) is 32.3 Å². The van der Waals surface area contributed by atoms with Crippen LogP contribution in [0.5, 0.6) is 11.5 Å². The van der Waals surface area contributed by atoms with Gasteiger partial charge in [-0.2, -0.15) is 10.1 Å². The van der Waals surface area contributed by atoms with Crippen LogP contribution < -0.4 is 9.47 Å². The zero-order chi connectivity index (χ0) is 19.3. The summed E-state index contributed by atoms with van der Waals surface area (Å²) in [6.45, 7) is 2.38. The maximum Gasteiger partial charge on any atom is 0.254 e. The van der Waals surface area contributed by atoms with E-state index in [1.807, 2.05) is 6.92 Å². The largest absolute Gasteiger partial charge is 0.493 e. The number of carbonyl (C=O) groups excluding carboxylic acids is 2. The standard InChI is InChI=1S/C19H18Br2N2O4/c1-3-27-17-12(26-2)7-11(15(20)16(17)21)8-22-23-18(24)13-9-4-5-10(6-9)14(13)19(23)25/h4-5,7-10,13-14H,3,6H2,1-2H3. The molecule has 1 aromatic rings. The van der Waals surface area contributed by atoms with Crippen molar-refractivity contribution in [2.24, 2.45) is 28.8 Å². The number of amides is 2. The van der Waals surface area contributed by atoms with Crippen LogP contribution in [0.25, 0.3) is 0 Å². The van der Waals surface area contributed by atoms with E-state index in [1.165, 1.54) is 6.21 Å². The molecule has 2 amide bonds. The van der Waals surface area contributed by atoms with E-state index in [-0.39, 0.29) is 35.5 Å². The zero-order valence-corrected chi connectivity index (χ0v) is 18.0. The van der Waals surface area contributed by atoms with Gasteiger partial charge in [-0.1, -0.05) is 12.2 Å². The highest BCUT2D eigenvalue weighted by Crippen LogP contribution is 2.52. The van der Waals surface area contributed by atoms with E-state index in [0.29, 0.717) is 32.6 Å². The summed E-state index contributed by atoms with van der Waals surface area (Å²) < 4.78 is 12.4. The monoisotopic (exact) mass is 496 g/mol. The highest BCUT2D eigenvalue weighted by atomic mass is 79.9. The lowest BCUT2D eigenvalue weighted by molar-refractivity contribution is -0.140. The number of methoxy groups -OCH3 is 1. The molecule has 0 spiro atoms. The van der Waals surface area contributed by atoms with Crippen LogP contribution in [0.3, 0.4) is 0 Å². The summed E-state index contributed by atoms with van der Waals surface area (Å²) in [6, 6.07) is 1.75. The topological polar surface area (TPSA) is 68.2 Å². The number of nitrogens with zero attached hydrogens (tertiary/aromatic N) is 2. The van der Waals surface area contributed by atoms with Gasteiger partial charge < -0.3 is 9.47 Å². The quantitative estimate of drug-likeness (QED) is 0.353. The van der Waals surface area contributed by atoms with Crippen molar-refractivity contribution in [3.05, 3.63) is 32.7 Å². The number of rotatable bonds is 5. The molecule has 2 fully saturated rings. The Kier molecular flexibility index (Phi) is 4.88. The molecule has 4 atom stereocenters. The van der Waals surface area contributed by atoms with E-state index in [9.17, 15) is 9.59 Å². The van der Waals surface area contributed by atoms with Crippen LogP contribution in [-0.4, -0.2) is 36.8 Å². The Morgan fingerprint density at radius 1 is 1.19 bits per heavy atom. The van der Waals surface area contributed by atoms with Gasteiger partial charge in [-0.05, 0) is 63.1 Å². The van der Waals surface area contributed by atoms with E-state index in [0.717, 1.165) is 11.4 Å². The molecule has 0 N–H and O–H groups in total. The normalized spacial score (nSPS) is 28.5. The van der Waals surface area contributed by atoms with Crippen LogP contribution in [0.2, 0.25) is 0 Å². The summed E-state index contributed by atoms with van der Waals surface area (Å²) in [4.78, 5) is 25.4. The van der Waals surface area contributed by atoms with E-state index in [2.05, 4.69) is 49.1 Å². The average molecular weight is 498 g/mol. The number of benzene rings is 1. The molecule has 1 heterocycles. The number of carbonyl (C=O) groups is 2. The summed E-state index contributed by atoms with van der Waals surface area (Å²) in [5, 5.41) is 5.25. The Morgan fingerprint density at radius 3 is 2.37 bits per heavy atom. The first-order valence-electron chi connectivity index (χ1n) is 8.76. The summed E-state index contributed by atoms with van der Waals surface area (Å²) >= 11 is 7.00. The third-order valence-electron chi connectivity index (χ3n) is 5.42. The molecule has 2 aliphatic carbocycles. The number of hydrogen-bond acceptors (Lipinski definition) is 5. The molecule has 142 valence electrons. The van der Waals surface area contributed by atoms with Crippen LogP contribution in [0.4, 0.5) is 0 Å². The smallest absolute Gasteiger partial charge is 0.254 e. The first-order chi connectivity index (χ1) is 13.0. The molecule has 27 heavy (non-hydrogen) atoms. The fourth-order valence-corrected chi connectivity index (χ4v) is 5.19. The van der Waals surface area contributed by atoms with Crippen LogP contribution >= 0.6 is 31.9 Å². The number of imide groups is 1. The van der Waals surface area contributed by atoms with Crippen molar-refractivity contribution in [3.63, 3.8) is 0 Å². The minimum Gasteiger partial charge on any atom is -0.493 e. The van der Waals surface area contributed by atoms with Gasteiger partial charge in [-0.3, -0.25) is 9.59 Å². The maximum atomic E-state index is 12.7. The molecule has 1 saturated carbocycles. The molecular formula is C19H18Br2N2O4. The van der Waals surface area contributed by atoms with Gasteiger partial charge in [0.05, 0.1) is 36.2 Å². The van der Waals surface area contributed by atoms with E-state index in [4.69, 9.17) is 9.47 Å². The lowest BCUT2D eigenvalue weighted by Crippen LogP contribution is -2.28. The predicted molar refractivity (Wildman–Crippen MR) is 107 cm³/mol. The highest BCUT2D eigenvalue weighted by molar-refractivity contribution is 9.13. The SMILES string of the molecule is CCOc1c(OC)cc(C=NN2C(=O)C3C4C=CC(C4)C3C2=O)c(Br)c1Br. The first-order valence-corrected chi connectivity index (χ1v) is 10.3. The number of hydrogen-bond donors (Lipinski definition) is 0. The molecule has 6 nitrogen and oxygen atoms in total. The van der Waals surface area contributed by atoms with Gasteiger partial charge >= 0.3 is 0 Å². The molecule has 1 aromatic carbocycles. The van der Waals surface area contributed by atoms with E-state index < -0.39 is 0 Å². The molecule has 4 rings (SSSR count). The Morgan fingerprint density at radius 2 is 1.81 bits per heavy atom. The third kappa shape index (κ3) is 2.84. The van der Waals surface area contributed by atoms with Crippen molar-refractivity contribution in [1.82, 2.24) is 5.01 Å². The summed E-state index contributed by atoms with van der Waals surface area (Å²) in [5.41, 5.74) is 0.668. The molecule has 1 saturated heterocycles. The Hall–Kier alpha value is -1.67. The Bertz CT molecular complexity index is 853. The van der Waals surface area contributed by atoms with Crippen molar-refractivity contribution in [1.29, 1.82) is 0 Å². The fourth-order valence-electron chi connectivity index (χ4n) is 4.25. The summed E-state index contributed by atoms with van der Waals surface area (Å²) in [6.07, 6.45) is 6.53. The summed E-state index contributed by atoms with van der Waals surface area (Å²) in [5.74, 6) is 0.536. The second-order valence-electron chi connectivity index (χ2n) is 6.79. The maximum absolute atomic E-state index is 12.7. The molecule has 4 unspecified atom stereocenters. The fraction of sp³-hybridized carbons (Fsp3) is 0.421. The van der Waals surface area contributed by atoms with Gasteiger partial charge in [0.1, 0.15) is 0 Å². The number of fused-ring (bicyclic) bond motifs is 5. The second kappa shape index (κ2) is 7.05. The van der Waals surface area contributed by atoms with Gasteiger partial charge in [-0.15, -0.1) is 0 Å². The molecular weight excluding hydrogens is 480 g/mol. The number of allylic oxidation sites excluding steroid dienone is 2. The van der Waals surface area contributed by atoms with Gasteiger partial charge in [0.2, 0.25) is 0 Å². The van der Waals surface area contributed by atoms with Gasteiger partial charge in [0.15, 0.2) is 11.5 Å². The minimum absolute atomic E-state index is 0.170. The van der Waals surface area contributed by atoms with Crippen LogP contribution in [0, 0.1) is 23.7 Å². The number of ether oxygens (including phenoxy) is 2. The molecule has 1 aliphatic heterocycles. The van der Waals surface area contributed by atoms with Crippen LogP contribution in [-0.2, 0) is 9.59 Å². The molecule has 8 heteroatoms. The number of halogens is 2. The van der Waals surface area contributed by atoms with Crippen molar-refractivity contribution in [3.8, 4) is 11.5 Å². The average Bonchev–Trinajstić information content (AvgIpc) is 3.34. The van der Waals surface area contributed by atoms with Crippen molar-refractivity contribution < 1.29 is 19.1 Å². The molecule has 0 aromatic heterocycles. The van der Waals surface area contributed by atoms with Gasteiger partial charge in [-0.25, -0.2) is 0 Å². The highest BCUT2D eigenvalue weighted by Gasteiger charge is 2.59. The Labute approximate surface area is 173 Å². The van der Waals surface area contributed by atoms with E-state index >= 15 is 0 Å². The summed E-state index contributed by atoms with van der Waals surface area (Å²) in [7, 11) is 1.55. The number of hydrazone groups is 1. The Balaban J connectivity index is 1.63. The van der Waals surface area contributed by atoms with Gasteiger partial charge in [0.25, 0.3) is 11.8 Å². The lowest BCUT2D eigenvalue weighted by Gasteiger charge is -2.15. The molecule has 0 radical (unpaired) electrons. The molecule has 2 bridgehead atoms. The van der Waals surface area contributed by atoms with E-state index in [1.54, 1.807) is 13.2 Å². The van der Waals surface area contributed by atoms with Crippen molar-refractivity contribution in [2.75, 3.05) is 13.7 Å². The molecule has 3 aliphatic rings. The lowest BCUT2D eigenvalue weighted by atomic mass is 9.85. The van der Waals surface area contributed by atoms with Crippen molar-refractivity contribution in [2.45, 2.75) is 13.3 Å². The third-order valence-corrected chi connectivity index (χ3v) is 7.57.